The molecule has 0 aliphatic carbocycles. The van der Waals surface area contributed by atoms with Crippen LogP contribution >= 0.6 is 11.6 Å². The third-order valence-electron chi connectivity index (χ3n) is 3.61. The van der Waals surface area contributed by atoms with Gasteiger partial charge in [0, 0.05) is 6.54 Å². The van der Waals surface area contributed by atoms with E-state index in [2.05, 4.69) is 0 Å². The third kappa shape index (κ3) is 2.35. The molecule has 1 aliphatic rings. The van der Waals surface area contributed by atoms with E-state index < -0.39 is 17.3 Å². The first kappa shape index (κ1) is 13.3. The highest BCUT2D eigenvalue weighted by molar-refractivity contribution is 6.30. The fourth-order valence-electron chi connectivity index (χ4n) is 2.37. The average molecular weight is 272 g/mol. The number of benzene rings is 1. The molecule has 1 aromatic rings. The topological polar surface area (TPSA) is 40.5 Å². The van der Waals surface area contributed by atoms with Crippen LogP contribution in [0.1, 0.15) is 25.3 Å². The van der Waals surface area contributed by atoms with E-state index in [0.717, 1.165) is 12.0 Å². The quantitative estimate of drug-likeness (QED) is 0.919. The number of nitrogens with zero attached hydrogens (tertiary/aromatic N) is 1. The molecule has 1 aromatic carbocycles. The Morgan fingerprint density at radius 2 is 2.33 bits per heavy atom. The predicted molar refractivity (Wildman–Crippen MR) is 67.1 cm³/mol. The Morgan fingerprint density at radius 1 is 1.61 bits per heavy atom. The number of halogens is 2. The first-order chi connectivity index (χ1) is 8.43. The van der Waals surface area contributed by atoms with Gasteiger partial charge in [-0.3, -0.25) is 9.69 Å². The Kier molecular flexibility index (Phi) is 3.59. The summed E-state index contributed by atoms with van der Waals surface area (Å²) in [6.45, 7) is 2.86. The molecule has 0 saturated carbocycles. The summed E-state index contributed by atoms with van der Waals surface area (Å²) in [5, 5.41) is 9.37. The van der Waals surface area contributed by atoms with Gasteiger partial charge >= 0.3 is 5.97 Å². The van der Waals surface area contributed by atoms with E-state index in [1.165, 1.54) is 12.1 Å². The first-order valence-corrected chi connectivity index (χ1v) is 6.23. The number of hydrogen-bond donors (Lipinski definition) is 1. The van der Waals surface area contributed by atoms with Crippen LogP contribution in [0.15, 0.2) is 18.2 Å². The van der Waals surface area contributed by atoms with Crippen LogP contribution in [0.5, 0.6) is 0 Å². The van der Waals surface area contributed by atoms with Crippen LogP contribution in [-0.4, -0.2) is 28.1 Å². The van der Waals surface area contributed by atoms with Gasteiger partial charge in [0.05, 0.1) is 5.02 Å². The van der Waals surface area contributed by atoms with Gasteiger partial charge in [0.25, 0.3) is 0 Å². The van der Waals surface area contributed by atoms with Gasteiger partial charge in [0.2, 0.25) is 0 Å². The summed E-state index contributed by atoms with van der Waals surface area (Å²) < 4.78 is 13.3. The number of carboxylic acid groups (broad SMARTS) is 1. The smallest absolute Gasteiger partial charge is 0.323 e. The normalized spacial score (nSPS) is 24.4. The van der Waals surface area contributed by atoms with Crippen molar-refractivity contribution in [3.8, 4) is 0 Å². The molecule has 0 bridgehead atoms. The van der Waals surface area contributed by atoms with Crippen molar-refractivity contribution in [2.75, 3.05) is 6.54 Å². The largest absolute Gasteiger partial charge is 0.480 e. The highest BCUT2D eigenvalue weighted by Gasteiger charge is 2.43. The van der Waals surface area contributed by atoms with E-state index in [9.17, 15) is 14.3 Å². The summed E-state index contributed by atoms with van der Waals surface area (Å²) >= 11 is 5.62. The van der Waals surface area contributed by atoms with Gasteiger partial charge < -0.3 is 5.11 Å². The lowest BCUT2D eigenvalue weighted by molar-refractivity contribution is -0.148. The number of rotatable bonds is 3. The van der Waals surface area contributed by atoms with Crippen molar-refractivity contribution >= 4 is 17.6 Å². The van der Waals surface area contributed by atoms with Crippen molar-refractivity contribution in [1.82, 2.24) is 4.90 Å². The molecule has 0 aromatic heterocycles. The Hall–Kier alpha value is -1.13. The standard InChI is InChI=1S/C13H15ClFNO2/c1-13(12(17)18)5-2-6-16(13)8-9-3-4-10(14)11(15)7-9/h3-4,7H,2,5-6,8H2,1H3,(H,17,18). The van der Waals surface area contributed by atoms with Crippen molar-refractivity contribution in [1.29, 1.82) is 0 Å². The molecule has 1 fully saturated rings. The molecule has 18 heavy (non-hydrogen) atoms. The van der Waals surface area contributed by atoms with Crippen molar-refractivity contribution in [2.24, 2.45) is 0 Å². The molecule has 0 radical (unpaired) electrons. The van der Waals surface area contributed by atoms with Crippen LogP contribution in [0.4, 0.5) is 4.39 Å². The predicted octanol–water partition coefficient (Wildman–Crippen LogP) is 2.92. The minimum Gasteiger partial charge on any atom is -0.480 e. The molecule has 1 saturated heterocycles. The fourth-order valence-corrected chi connectivity index (χ4v) is 2.49. The molecular weight excluding hydrogens is 257 g/mol. The molecular formula is C13H15ClFNO2. The summed E-state index contributed by atoms with van der Waals surface area (Å²) in [5.74, 6) is -1.29. The number of carbonyl (C=O) groups is 1. The van der Waals surface area contributed by atoms with Crippen molar-refractivity contribution in [2.45, 2.75) is 31.8 Å². The Labute approximate surface area is 110 Å². The van der Waals surface area contributed by atoms with Crippen molar-refractivity contribution < 1.29 is 14.3 Å². The first-order valence-electron chi connectivity index (χ1n) is 5.86. The van der Waals surface area contributed by atoms with Crippen LogP contribution < -0.4 is 0 Å². The summed E-state index contributed by atoms with van der Waals surface area (Å²) in [4.78, 5) is 13.2. The molecule has 98 valence electrons. The summed E-state index contributed by atoms with van der Waals surface area (Å²) in [6, 6.07) is 4.59. The van der Waals surface area contributed by atoms with Crippen molar-refractivity contribution in [3.05, 3.63) is 34.6 Å². The molecule has 0 spiro atoms. The summed E-state index contributed by atoms with van der Waals surface area (Å²) in [7, 11) is 0. The zero-order valence-electron chi connectivity index (χ0n) is 10.1. The lowest BCUT2D eigenvalue weighted by Gasteiger charge is -2.31. The van der Waals surface area contributed by atoms with Crippen LogP contribution in [0.3, 0.4) is 0 Å². The molecule has 1 aliphatic heterocycles. The van der Waals surface area contributed by atoms with E-state index in [4.69, 9.17) is 11.6 Å². The molecule has 1 heterocycles. The van der Waals surface area contributed by atoms with Gasteiger partial charge in [0.1, 0.15) is 11.4 Å². The van der Waals surface area contributed by atoms with Crippen LogP contribution in [0, 0.1) is 5.82 Å². The van der Waals surface area contributed by atoms with E-state index >= 15 is 0 Å². The minimum absolute atomic E-state index is 0.0844. The molecule has 1 atom stereocenters. The van der Waals surface area contributed by atoms with Gasteiger partial charge in [-0.2, -0.15) is 0 Å². The Balaban J connectivity index is 2.18. The van der Waals surface area contributed by atoms with E-state index in [1.807, 2.05) is 4.90 Å². The summed E-state index contributed by atoms with van der Waals surface area (Å²) in [6.07, 6.45) is 1.47. The van der Waals surface area contributed by atoms with Crippen LogP contribution in [0.25, 0.3) is 0 Å². The number of carboxylic acids is 1. The lowest BCUT2D eigenvalue weighted by atomic mass is 9.99. The monoisotopic (exact) mass is 271 g/mol. The minimum atomic E-state index is -0.851. The van der Waals surface area contributed by atoms with Gasteiger partial charge in [-0.05, 0) is 44.0 Å². The highest BCUT2D eigenvalue weighted by atomic mass is 35.5. The zero-order chi connectivity index (χ0) is 13.3. The average Bonchev–Trinajstić information content (AvgIpc) is 2.67. The SMILES string of the molecule is CC1(C(=O)O)CCCN1Cc1ccc(Cl)c(F)c1. The molecule has 3 nitrogen and oxygen atoms in total. The fraction of sp³-hybridized carbons (Fsp3) is 0.462. The molecule has 1 N–H and O–H groups in total. The second kappa shape index (κ2) is 4.86. The van der Waals surface area contributed by atoms with Gasteiger partial charge in [0.15, 0.2) is 0 Å². The second-order valence-electron chi connectivity index (χ2n) is 4.85. The zero-order valence-corrected chi connectivity index (χ0v) is 10.9. The van der Waals surface area contributed by atoms with Gasteiger partial charge in [-0.1, -0.05) is 17.7 Å². The van der Waals surface area contributed by atoms with Crippen LogP contribution in [-0.2, 0) is 11.3 Å². The van der Waals surface area contributed by atoms with E-state index in [1.54, 1.807) is 13.0 Å². The van der Waals surface area contributed by atoms with Gasteiger partial charge in [-0.15, -0.1) is 0 Å². The maximum absolute atomic E-state index is 13.3. The number of aliphatic carboxylic acids is 1. The molecule has 1 unspecified atom stereocenters. The number of hydrogen-bond acceptors (Lipinski definition) is 2. The number of likely N-dealkylation sites (tertiary alicyclic amines) is 1. The molecule has 5 heteroatoms. The van der Waals surface area contributed by atoms with Crippen molar-refractivity contribution in [3.63, 3.8) is 0 Å². The van der Waals surface area contributed by atoms with Crippen LogP contribution in [0.2, 0.25) is 5.02 Å². The summed E-state index contributed by atoms with van der Waals surface area (Å²) in [5.41, 5.74) is -0.109. The lowest BCUT2D eigenvalue weighted by Crippen LogP contribution is -2.47. The Bertz CT molecular complexity index is 480. The van der Waals surface area contributed by atoms with E-state index in [0.29, 0.717) is 19.5 Å². The Morgan fingerprint density at radius 3 is 2.94 bits per heavy atom. The molecule has 0 amide bonds. The maximum Gasteiger partial charge on any atom is 0.323 e. The molecule has 2 rings (SSSR count). The third-order valence-corrected chi connectivity index (χ3v) is 3.91. The maximum atomic E-state index is 13.3. The van der Waals surface area contributed by atoms with E-state index in [-0.39, 0.29) is 5.02 Å². The highest BCUT2D eigenvalue weighted by Crippen LogP contribution is 2.31. The second-order valence-corrected chi connectivity index (χ2v) is 5.26. The van der Waals surface area contributed by atoms with Gasteiger partial charge in [-0.25, -0.2) is 4.39 Å².